The average Bonchev–Trinajstić information content (AvgIpc) is 2.25. The molecule has 0 atom stereocenters. The first-order valence-corrected chi connectivity index (χ1v) is 11.6. The molecule has 0 saturated carbocycles. The van der Waals surface area contributed by atoms with Crippen LogP contribution >= 0.6 is 0 Å². The number of hydrogen-bond donors (Lipinski definition) is 0. The van der Waals surface area contributed by atoms with Crippen molar-refractivity contribution in [3.8, 4) is 0 Å². The molecule has 1 aliphatic heterocycles. The molecule has 0 aromatic carbocycles. The minimum Gasteiger partial charge on any atom is -0.412 e. The summed E-state index contributed by atoms with van der Waals surface area (Å²) in [6, 6.07) is 0. The van der Waals surface area contributed by atoms with Gasteiger partial charge in [0, 0.05) is 0 Å². The molecule has 1 aliphatic rings. The number of rotatable bonds is 7. The third-order valence-corrected chi connectivity index (χ3v) is 9.91. The van der Waals surface area contributed by atoms with Crippen LogP contribution in [0.25, 0.3) is 0 Å². The van der Waals surface area contributed by atoms with Gasteiger partial charge in [0.05, 0.1) is 0 Å². The summed E-state index contributed by atoms with van der Waals surface area (Å²) in [4.78, 5) is 0. The summed E-state index contributed by atoms with van der Waals surface area (Å²) in [5.74, 6) is 0. The molecule has 1 fully saturated rings. The van der Waals surface area contributed by atoms with Crippen molar-refractivity contribution < 1.29 is 8.55 Å². The molecule has 1 rings (SSSR count). The Morgan fingerprint density at radius 2 is 1.73 bits per heavy atom. The van der Waals surface area contributed by atoms with Gasteiger partial charge in [-0.3, -0.25) is 0 Å². The van der Waals surface area contributed by atoms with Crippen LogP contribution in [0.3, 0.4) is 0 Å². The second kappa shape index (κ2) is 11.2. The molecule has 15 heavy (non-hydrogen) atoms. The number of hydrogen-bond acceptors (Lipinski definition) is 1. The molecule has 0 aromatic rings. The zero-order chi connectivity index (χ0) is 10.1. The molecular formula is C12H27O2Sn. The fraction of sp³-hybridized carbons (Fsp3) is 1.00. The first kappa shape index (κ1) is 15.7. The Balaban J connectivity index is 0.00000196. The van der Waals surface area contributed by atoms with Crippen LogP contribution in [-0.2, 0) is 3.07 Å². The van der Waals surface area contributed by atoms with Gasteiger partial charge in [-0.1, -0.05) is 0 Å². The van der Waals surface area contributed by atoms with Crippen LogP contribution in [0.1, 0.15) is 58.3 Å². The van der Waals surface area contributed by atoms with E-state index >= 15 is 0 Å². The summed E-state index contributed by atoms with van der Waals surface area (Å²) in [6.07, 6.45) is 11.5. The molecule has 2 N–H and O–H groups in total. The van der Waals surface area contributed by atoms with E-state index in [1.807, 2.05) is 0 Å². The second-order valence-electron chi connectivity index (χ2n) is 4.36. The summed E-state index contributed by atoms with van der Waals surface area (Å²) >= 11 is -1.22. The van der Waals surface area contributed by atoms with Crippen molar-refractivity contribution in [3.05, 3.63) is 0 Å². The second-order valence-corrected chi connectivity index (χ2v) is 11.1. The Kier molecular flexibility index (Phi) is 11.7. The quantitative estimate of drug-likeness (QED) is 0.524. The van der Waals surface area contributed by atoms with Crippen molar-refractivity contribution in [2.24, 2.45) is 0 Å². The molecular weight excluding hydrogens is 295 g/mol. The molecule has 0 unspecified atom stereocenters. The third kappa shape index (κ3) is 8.52. The molecule has 2 nitrogen and oxygen atoms in total. The molecule has 1 radical (unpaired) electrons. The molecule has 91 valence electrons. The maximum absolute atomic E-state index is 5.90. The predicted octanol–water partition coefficient (Wildman–Crippen LogP) is 3.32. The van der Waals surface area contributed by atoms with E-state index in [0.29, 0.717) is 0 Å². The van der Waals surface area contributed by atoms with Crippen molar-refractivity contribution in [2.45, 2.75) is 67.2 Å². The van der Waals surface area contributed by atoms with Gasteiger partial charge in [-0.2, -0.15) is 0 Å². The first-order valence-electron chi connectivity index (χ1n) is 6.41. The van der Waals surface area contributed by atoms with Crippen LogP contribution in [0, 0.1) is 0 Å². The zero-order valence-corrected chi connectivity index (χ0v) is 13.0. The fourth-order valence-corrected chi connectivity index (χ4v) is 8.46. The molecule has 0 bridgehead atoms. The monoisotopic (exact) mass is 323 g/mol. The van der Waals surface area contributed by atoms with Gasteiger partial charge in [0.25, 0.3) is 0 Å². The smallest absolute Gasteiger partial charge is 0.412 e. The maximum atomic E-state index is 5.90. The van der Waals surface area contributed by atoms with Crippen LogP contribution < -0.4 is 0 Å². The maximum Gasteiger partial charge on any atom is -0.412 e. The minimum atomic E-state index is -1.22. The standard InChI is InChI=1S/C8H17.C4H8O.H2O.Sn/c1-3-5-7-8-6-4-2;1-2-3-4-5;;/h1,3-8H2,2H3;1-4H2;1H2;/q;-1;;+1. The van der Waals surface area contributed by atoms with Gasteiger partial charge in [0.2, 0.25) is 0 Å². The van der Waals surface area contributed by atoms with Crippen molar-refractivity contribution in [2.75, 3.05) is 6.61 Å². The largest absolute Gasteiger partial charge is 0.412 e. The van der Waals surface area contributed by atoms with Gasteiger partial charge in [-0.25, -0.2) is 0 Å². The Morgan fingerprint density at radius 1 is 1.00 bits per heavy atom. The van der Waals surface area contributed by atoms with Crippen LogP contribution in [0.15, 0.2) is 0 Å². The molecule has 0 amide bonds. The SMILES string of the molecule is CCCCCCC[CH2][Sn]1[CH2]CCC[O]1.O. The summed E-state index contributed by atoms with van der Waals surface area (Å²) in [7, 11) is 0. The van der Waals surface area contributed by atoms with E-state index in [1.54, 1.807) is 0 Å². The van der Waals surface area contributed by atoms with E-state index in [1.165, 1.54) is 60.2 Å². The first-order chi connectivity index (χ1) is 6.93. The van der Waals surface area contributed by atoms with Gasteiger partial charge in [0.15, 0.2) is 0 Å². The molecule has 1 heterocycles. The summed E-state index contributed by atoms with van der Waals surface area (Å²) < 4.78 is 8.92. The zero-order valence-electron chi connectivity index (χ0n) is 10.2. The number of unbranched alkanes of at least 4 members (excludes halogenated alkanes) is 5. The molecule has 1 saturated heterocycles. The molecule has 3 heteroatoms. The van der Waals surface area contributed by atoms with Gasteiger partial charge < -0.3 is 5.48 Å². The predicted molar refractivity (Wildman–Crippen MR) is 67.5 cm³/mol. The Morgan fingerprint density at radius 3 is 2.40 bits per heavy atom. The Labute approximate surface area is 102 Å². The Bertz CT molecular complexity index is 125. The summed E-state index contributed by atoms with van der Waals surface area (Å²) in [6.45, 7) is 3.39. The minimum absolute atomic E-state index is 0. The average molecular weight is 322 g/mol. The Hall–Kier alpha value is 0.719. The van der Waals surface area contributed by atoms with E-state index in [2.05, 4.69) is 6.92 Å². The molecule has 0 aliphatic carbocycles. The van der Waals surface area contributed by atoms with E-state index in [4.69, 9.17) is 3.07 Å². The summed E-state index contributed by atoms with van der Waals surface area (Å²) in [5.41, 5.74) is 0. The molecule has 0 aromatic heterocycles. The van der Waals surface area contributed by atoms with Gasteiger partial charge in [0.1, 0.15) is 0 Å². The molecule has 0 spiro atoms. The van der Waals surface area contributed by atoms with E-state index in [9.17, 15) is 0 Å². The van der Waals surface area contributed by atoms with E-state index in [-0.39, 0.29) is 5.48 Å². The van der Waals surface area contributed by atoms with Crippen LogP contribution in [0.5, 0.6) is 0 Å². The van der Waals surface area contributed by atoms with Gasteiger partial charge in [-0.15, -0.1) is 0 Å². The van der Waals surface area contributed by atoms with E-state index in [0.717, 1.165) is 6.61 Å². The summed E-state index contributed by atoms with van der Waals surface area (Å²) in [5, 5.41) is 0. The van der Waals surface area contributed by atoms with Crippen LogP contribution in [0.2, 0.25) is 8.87 Å². The van der Waals surface area contributed by atoms with Crippen molar-refractivity contribution in [1.82, 2.24) is 0 Å². The van der Waals surface area contributed by atoms with Crippen LogP contribution in [-0.4, -0.2) is 32.3 Å². The van der Waals surface area contributed by atoms with Gasteiger partial charge in [-0.05, 0) is 0 Å². The van der Waals surface area contributed by atoms with Crippen LogP contribution in [0.4, 0.5) is 0 Å². The van der Waals surface area contributed by atoms with Crippen molar-refractivity contribution >= 4 is 20.2 Å². The van der Waals surface area contributed by atoms with Crippen molar-refractivity contribution in [1.29, 1.82) is 0 Å². The van der Waals surface area contributed by atoms with Gasteiger partial charge >= 0.3 is 97.0 Å². The fourth-order valence-electron chi connectivity index (χ4n) is 2.01. The topological polar surface area (TPSA) is 40.7 Å². The third-order valence-electron chi connectivity index (χ3n) is 2.97. The van der Waals surface area contributed by atoms with Crippen molar-refractivity contribution in [3.63, 3.8) is 0 Å². The van der Waals surface area contributed by atoms with E-state index < -0.39 is 20.2 Å². The normalized spacial score (nSPS) is 17.4.